The van der Waals surface area contributed by atoms with Crippen LogP contribution in [-0.2, 0) is 4.79 Å². The number of nitrogens with one attached hydrogen (secondary N) is 1. The van der Waals surface area contributed by atoms with Crippen molar-refractivity contribution in [1.29, 1.82) is 0 Å². The smallest absolute Gasteiger partial charge is 0.245 e. The van der Waals surface area contributed by atoms with Crippen LogP contribution in [0.3, 0.4) is 0 Å². The number of aliphatic imine (C=N–C) groups is 1. The standard InChI is InChI=1S/C16H22N2O2S/c1-11(2)8-13(19)9-17-15(20)14-10-21-16(18-14)12-6-4-3-5-7-12/h3-7,11,13-14,19H,8-10H2,1-2H3,(H,17,20). The summed E-state index contributed by atoms with van der Waals surface area (Å²) in [6.07, 6.45) is 0.207. The van der Waals surface area contributed by atoms with Crippen molar-refractivity contribution in [2.24, 2.45) is 10.9 Å². The number of thioether (sulfide) groups is 1. The van der Waals surface area contributed by atoms with Gasteiger partial charge in [0.1, 0.15) is 6.04 Å². The van der Waals surface area contributed by atoms with Gasteiger partial charge in [0.05, 0.1) is 11.1 Å². The molecule has 2 atom stereocenters. The monoisotopic (exact) mass is 306 g/mol. The molecule has 0 aromatic heterocycles. The molecule has 0 fully saturated rings. The van der Waals surface area contributed by atoms with Gasteiger partial charge in [0.15, 0.2) is 0 Å². The van der Waals surface area contributed by atoms with Crippen LogP contribution in [0, 0.1) is 5.92 Å². The van der Waals surface area contributed by atoms with Crippen LogP contribution in [0.15, 0.2) is 35.3 Å². The Hall–Kier alpha value is -1.33. The fourth-order valence-electron chi connectivity index (χ4n) is 2.21. The molecule has 114 valence electrons. The normalized spacial score (nSPS) is 19.4. The van der Waals surface area contributed by atoms with Crippen LogP contribution < -0.4 is 5.32 Å². The molecule has 2 N–H and O–H groups in total. The molecule has 1 aliphatic heterocycles. The van der Waals surface area contributed by atoms with Gasteiger partial charge < -0.3 is 10.4 Å². The second-order valence-electron chi connectivity index (χ2n) is 5.66. The largest absolute Gasteiger partial charge is 0.391 e. The van der Waals surface area contributed by atoms with Gasteiger partial charge in [-0.25, -0.2) is 0 Å². The van der Waals surface area contributed by atoms with Crippen LogP contribution in [0.5, 0.6) is 0 Å². The van der Waals surface area contributed by atoms with Gasteiger partial charge in [-0.2, -0.15) is 0 Å². The van der Waals surface area contributed by atoms with Crippen molar-refractivity contribution in [1.82, 2.24) is 5.32 Å². The summed E-state index contributed by atoms with van der Waals surface area (Å²) < 4.78 is 0. The van der Waals surface area contributed by atoms with Crippen LogP contribution in [0.2, 0.25) is 0 Å². The lowest BCUT2D eigenvalue weighted by Crippen LogP contribution is -2.38. The van der Waals surface area contributed by atoms with Gasteiger partial charge in [-0.3, -0.25) is 9.79 Å². The summed E-state index contributed by atoms with van der Waals surface area (Å²) in [5, 5.41) is 13.5. The van der Waals surface area contributed by atoms with Gasteiger partial charge in [-0.1, -0.05) is 44.2 Å². The molecule has 2 rings (SSSR count). The summed E-state index contributed by atoms with van der Waals surface area (Å²) in [7, 11) is 0. The number of carbonyl (C=O) groups excluding carboxylic acids is 1. The predicted molar refractivity (Wildman–Crippen MR) is 87.7 cm³/mol. The van der Waals surface area contributed by atoms with E-state index in [2.05, 4.69) is 24.2 Å². The number of nitrogens with zero attached hydrogens (tertiary/aromatic N) is 1. The molecule has 21 heavy (non-hydrogen) atoms. The van der Waals surface area contributed by atoms with Crippen molar-refractivity contribution in [3.63, 3.8) is 0 Å². The van der Waals surface area contributed by atoms with Crippen molar-refractivity contribution in [3.05, 3.63) is 35.9 Å². The molecule has 1 heterocycles. The van der Waals surface area contributed by atoms with Crippen molar-refractivity contribution >= 4 is 22.7 Å². The zero-order chi connectivity index (χ0) is 15.2. The van der Waals surface area contributed by atoms with Crippen molar-refractivity contribution in [3.8, 4) is 0 Å². The maximum atomic E-state index is 12.1. The minimum atomic E-state index is -0.486. The zero-order valence-electron chi connectivity index (χ0n) is 12.5. The van der Waals surface area contributed by atoms with Crippen LogP contribution in [0.25, 0.3) is 0 Å². The van der Waals surface area contributed by atoms with Crippen molar-refractivity contribution in [2.75, 3.05) is 12.3 Å². The lowest BCUT2D eigenvalue weighted by atomic mass is 10.1. The molecule has 4 nitrogen and oxygen atoms in total. The van der Waals surface area contributed by atoms with E-state index in [0.717, 1.165) is 10.6 Å². The molecule has 1 aromatic carbocycles. The summed E-state index contributed by atoms with van der Waals surface area (Å²) in [4.78, 5) is 16.6. The molecule has 0 aliphatic carbocycles. The van der Waals surface area contributed by atoms with Gasteiger partial charge in [0.25, 0.3) is 0 Å². The van der Waals surface area contributed by atoms with Crippen LogP contribution >= 0.6 is 11.8 Å². The highest BCUT2D eigenvalue weighted by atomic mass is 32.2. The first-order valence-electron chi connectivity index (χ1n) is 7.28. The highest BCUT2D eigenvalue weighted by molar-refractivity contribution is 8.14. The Bertz CT molecular complexity index is 502. The average Bonchev–Trinajstić information content (AvgIpc) is 2.95. The fraction of sp³-hybridized carbons (Fsp3) is 0.500. The summed E-state index contributed by atoms with van der Waals surface area (Å²) in [5.74, 6) is 0.981. The highest BCUT2D eigenvalue weighted by Gasteiger charge is 2.25. The lowest BCUT2D eigenvalue weighted by Gasteiger charge is -2.14. The molecule has 2 unspecified atom stereocenters. The number of benzene rings is 1. The second kappa shape index (κ2) is 7.61. The third kappa shape index (κ3) is 4.86. The van der Waals surface area contributed by atoms with Gasteiger partial charge in [-0.05, 0) is 12.3 Å². The lowest BCUT2D eigenvalue weighted by molar-refractivity contribution is -0.122. The molecule has 1 aromatic rings. The zero-order valence-corrected chi connectivity index (χ0v) is 13.3. The number of hydrogen-bond acceptors (Lipinski definition) is 4. The van der Waals surface area contributed by atoms with Crippen molar-refractivity contribution < 1.29 is 9.90 Å². The Morgan fingerprint density at radius 1 is 1.43 bits per heavy atom. The first-order chi connectivity index (χ1) is 10.1. The molecule has 5 heteroatoms. The van der Waals surface area contributed by atoms with E-state index in [0.29, 0.717) is 24.6 Å². The average molecular weight is 306 g/mol. The van der Waals surface area contributed by atoms with Crippen LogP contribution in [-0.4, -0.2) is 40.5 Å². The summed E-state index contributed by atoms with van der Waals surface area (Å²) >= 11 is 1.60. The molecule has 1 amide bonds. The number of aliphatic hydroxyl groups excluding tert-OH is 1. The molecule has 0 bridgehead atoms. The molecule has 0 saturated heterocycles. The molecule has 0 radical (unpaired) electrons. The summed E-state index contributed by atoms with van der Waals surface area (Å²) in [5.41, 5.74) is 1.05. The Morgan fingerprint density at radius 3 is 2.81 bits per heavy atom. The number of hydrogen-bond donors (Lipinski definition) is 2. The Balaban J connectivity index is 1.86. The van der Waals surface area contributed by atoms with E-state index >= 15 is 0 Å². The number of carbonyl (C=O) groups is 1. The third-order valence-corrected chi connectivity index (χ3v) is 4.33. The van der Waals surface area contributed by atoms with E-state index in [1.54, 1.807) is 11.8 Å². The van der Waals surface area contributed by atoms with E-state index in [-0.39, 0.29) is 11.9 Å². The van der Waals surface area contributed by atoms with Gasteiger partial charge >= 0.3 is 0 Å². The van der Waals surface area contributed by atoms with Crippen molar-refractivity contribution in [2.45, 2.75) is 32.4 Å². The van der Waals surface area contributed by atoms with E-state index in [9.17, 15) is 9.90 Å². The quantitative estimate of drug-likeness (QED) is 0.846. The Kier molecular flexibility index (Phi) is 5.82. The summed E-state index contributed by atoms with van der Waals surface area (Å²) in [6.45, 7) is 4.40. The number of amides is 1. The number of aliphatic hydroxyl groups is 1. The van der Waals surface area contributed by atoms with Gasteiger partial charge in [-0.15, -0.1) is 11.8 Å². The first-order valence-corrected chi connectivity index (χ1v) is 8.26. The topological polar surface area (TPSA) is 61.7 Å². The fourth-order valence-corrected chi connectivity index (χ4v) is 3.26. The van der Waals surface area contributed by atoms with Crippen LogP contribution in [0.1, 0.15) is 25.8 Å². The molecule has 1 aliphatic rings. The second-order valence-corrected chi connectivity index (χ2v) is 6.66. The maximum Gasteiger partial charge on any atom is 0.245 e. The molecule has 0 spiro atoms. The van der Waals surface area contributed by atoms with Gasteiger partial charge in [0.2, 0.25) is 5.91 Å². The molecular formula is C16H22N2O2S. The molecule has 0 saturated carbocycles. The highest BCUT2D eigenvalue weighted by Crippen LogP contribution is 2.23. The Morgan fingerprint density at radius 2 is 2.14 bits per heavy atom. The Labute approximate surface area is 130 Å². The number of rotatable bonds is 6. The first kappa shape index (κ1) is 16.0. The SMILES string of the molecule is CC(C)CC(O)CNC(=O)C1CSC(c2ccccc2)=N1. The van der Waals surface area contributed by atoms with E-state index in [1.807, 2.05) is 30.3 Å². The third-order valence-electron chi connectivity index (χ3n) is 3.23. The predicted octanol–water partition coefficient (Wildman–Crippen LogP) is 2.07. The maximum absolute atomic E-state index is 12.1. The minimum absolute atomic E-state index is 0.101. The van der Waals surface area contributed by atoms with E-state index < -0.39 is 6.10 Å². The van der Waals surface area contributed by atoms with Gasteiger partial charge in [0, 0.05) is 17.9 Å². The van der Waals surface area contributed by atoms with Crippen LogP contribution in [0.4, 0.5) is 0 Å². The van der Waals surface area contributed by atoms with E-state index in [4.69, 9.17) is 0 Å². The molecular weight excluding hydrogens is 284 g/mol. The minimum Gasteiger partial charge on any atom is -0.391 e. The summed E-state index contributed by atoms with van der Waals surface area (Å²) in [6, 6.07) is 9.54. The van der Waals surface area contributed by atoms with E-state index in [1.165, 1.54) is 0 Å².